The lowest BCUT2D eigenvalue weighted by Crippen LogP contribution is -2.39. The second kappa shape index (κ2) is 7.50. The Bertz CT molecular complexity index is 1120. The van der Waals surface area contributed by atoms with Crippen molar-refractivity contribution >= 4 is 73.3 Å². The number of thiocarbonyl (C=S) groups is 1. The van der Waals surface area contributed by atoms with Crippen molar-refractivity contribution in [1.82, 2.24) is 4.90 Å². The molecule has 0 spiro atoms. The fourth-order valence-electron chi connectivity index (χ4n) is 3.16. The Morgan fingerprint density at radius 2 is 2.04 bits per heavy atom. The second-order valence-electron chi connectivity index (χ2n) is 6.43. The van der Waals surface area contributed by atoms with Gasteiger partial charge in [0.15, 0.2) is 9.84 Å². The summed E-state index contributed by atoms with van der Waals surface area (Å²) < 4.78 is 29.6. The molecule has 3 heterocycles. The lowest BCUT2D eigenvalue weighted by Gasteiger charge is -2.20. The van der Waals surface area contributed by atoms with E-state index in [1.807, 2.05) is 0 Å². The minimum absolute atomic E-state index is 0.0507. The zero-order valence-electron chi connectivity index (χ0n) is 14.2. The highest BCUT2D eigenvalue weighted by molar-refractivity contribution is 8.26. The van der Waals surface area contributed by atoms with Crippen LogP contribution in [0.4, 0.5) is 0 Å². The van der Waals surface area contributed by atoms with Crippen LogP contribution >= 0.6 is 47.2 Å². The Kier molecular flexibility index (Phi) is 5.35. The molecule has 0 unspecified atom stereocenters. The maximum atomic E-state index is 12.8. The van der Waals surface area contributed by atoms with Crippen molar-refractivity contribution in [2.45, 2.75) is 12.5 Å². The van der Waals surface area contributed by atoms with E-state index < -0.39 is 15.9 Å². The summed E-state index contributed by atoms with van der Waals surface area (Å²) in [6.07, 6.45) is 2.00. The highest BCUT2D eigenvalue weighted by atomic mass is 35.5. The average molecular weight is 474 g/mol. The lowest BCUT2D eigenvalue weighted by molar-refractivity contribution is -0.123. The van der Waals surface area contributed by atoms with E-state index >= 15 is 0 Å². The molecule has 0 N–H and O–H groups in total. The summed E-state index contributed by atoms with van der Waals surface area (Å²) in [4.78, 5) is 14.6. The summed E-state index contributed by atoms with van der Waals surface area (Å²) in [5.74, 6) is 0.721. The first-order valence-corrected chi connectivity index (χ1v) is 12.1. The zero-order chi connectivity index (χ0) is 20.1. The highest BCUT2D eigenvalue weighted by Crippen LogP contribution is 2.37. The van der Waals surface area contributed by atoms with Crippen LogP contribution in [0.5, 0.6) is 0 Å². The van der Waals surface area contributed by atoms with Gasteiger partial charge in [0.2, 0.25) is 0 Å². The first kappa shape index (κ1) is 20.0. The Morgan fingerprint density at radius 3 is 2.75 bits per heavy atom. The monoisotopic (exact) mass is 473 g/mol. The molecule has 10 heteroatoms. The van der Waals surface area contributed by atoms with Crippen LogP contribution in [0.1, 0.15) is 12.2 Å². The van der Waals surface area contributed by atoms with Gasteiger partial charge in [0.25, 0.3) is 5.91 Å². The van der Waals surface area contributed by atoms with Crippen LogP contribution in [0.25, 0.3) is 17.4 Å². The van der Waals surface area contributed by atoms with Crippen LogP contribution in [0, 0.1) is 0 Å². The van der Waals surface area contributed by atoms with E-state index in [1.54, 1.807) is 36.4 Å². The summed E-state index contributed by atoms with van der Waals surface area (Å²) in [6.45, 7) is 0. The van der Waals surface area contributed by atoms with Gasteiger partial charge in [-0.2, -0.15) is 0 Å². The van der Waals surface area contributed by atoms with Crippen molar-refractivity contribution in [3.63, 3.8) is 0 Å². The molecule has 0 aliphatic carbocycles. The van der Waals surface area contributed by atoms with Crippen LogP contribution in [0.2, 0.25) is 10.0 Å². The maximum Gasteiger partial charge on any atom is 0.266 e. The third-order valence-corrected chi connectivity index (χ3v) is 8.14. The molecule has 1 atom stereocenters. The summed E-state index contributed by atoms with van der Waals surface area (Å²) in [5.41, 5.74) is 0.650. The lowest BCUT2D eigenvalue weighted by atomic mass is 10.2. The van der Waals surface area contributed by atoms with Crippen molar-refractivity contribution in [2.24, 2.45) is 0 Å². The molecule has 1 amide bonds. The molecule has 1 aromatic heterocycles. The van der Waals surface area contributed by atoms with Gasteiger partial charge in [0, 0.05) is 16.7 Å². The fraction of sp³-hybridized carbons (Fsp3) is 0.222. The van der Waals surface area contributed by atoms with Crippen molar-refractivity contribution in [2.75, 3.05) is 11.5 Å². The normalized spacial score (nSPS) is 23.1. The van der Waals surface area contributed by atoms with Crippen LogP contribution < -0.4 is 0 Å². The van der Waals surface area contributed by atoms with Gasteiger partial charge in [-0.1, -0.05) is 47.2 Å². The van der Waals surface area contributed by atoms with Gasteiger partial charge in [0.05, 0.1) is 27.5 Å². The summed E-state index contributed by atoms with van der Waals surface area (Å²) in [7, 11) is -3.12. The smallest absolute Gasteiger partial charge is 0.266 e. The van der Waals surface area contributed by atoms with Gasteiger partial charge in [-0.3, -0.25) is 9.69 Å². The quantitative estimate of drug-likeness (QED) is 0.477. The summed E-state index contributed by atoms with van der Waals surface area (Å²) in [5, 5.41) is 1.03. The van der Waals surface area contributed by atoms with Crippen LogP contribution in [-0.2, 0) is 14.6 Å². The van der Waals surface area contributed by atoms with Crippen LogP contribution in [0.15, 0.2) is 39.7 Å². The number of halogens is 2. The number of carbonyl (C=O) groups is 1. The van der Waals surface area contributed by atoms with Gasteiger partial charge in [0.1, 0.15) is 15.8 Å². The maximum absolute atomic E-state index is 12.8. The molecule has 28 heavy (non-hydrogen) atoms. The summed E-state index contributed by atoms with van der Waals surface area (Å²) >= 11 is 18.7. The van der Waals surface area contributed by atoms with Gasteiger partial charge in [-0.05, 0) is 36.8 Å². The van der Waals surface area contributed by atoms with Crippen LogP contribution in [0.3, 0.4) is 0 Å². The molecule has 2 aliphatic rings. The number of hydrogen-bond donors (Lipinski definition) is 0. The van der Waals surface area contributed by atoms with E-state index in [-0.39, 0.29) is 17.4 Å². The third-order valence-electron chi connectivity index (χ3n) is 4.49. The number of benzene rings is 1. The molecule has 146 valence electrons. The highest BCUT2D eigenvalue weighted by Gasteiger charge is 2.42. The van der Waals surface area contributed by atoms with Crippen LogP contribution in [-0.4, -0.2) is 41.1 Å². The molecule has 0 saturated carbocycles. The number of rotatable bonds is 3. The molecule has 5 nitrogen and oxygen atoms in total. The van der Waals surface area contributed by atoms with E-state index in [1.165, 1.54) is 4.90 Å². The van der Waals surface area contributed by atoms with E-state index in [0.29, 0.717) is 42.8 Å². The van der Waals surface area contributed by atoms with E-state index in [2.05, 4.69) is 0 Å². The molecule has 2 aliphatic heterocycles. The first-order valence-electron chi connectivity index (χ1n) is 8.26. The largest absolute Gasteiger partial charge is 0.457 e. The topological polar surface area (TPSA) is 67.6 Å². The Balaban J connectivity index is 1.59. The Labute approximate surface area is 181 Å². The fourth-order valence-corrected chi connectivity index (χ4v) is 6.63. The number of furan rings is 1. The van der Waals surface area contributed by atoms with Gasteiger partial charge in [-0.15, -0.1) is 0 Å². The molecule has 0 radical (unpaired) electrons. The minimum Gasteiger partial charge on any atom is -0.457 e. The molecular formula is C18H13Cl2NO4S3. The number of thioether (sulfide) groups is 1. The molecule has 2 fully saturated rings. The third kappa shape index (κ3) is 3.89. The van der Waals surface area contributed by atoms with Crippen molar-refractivity contribution < 1.29 is 17.6 Å². The molecule has 2 aromatic rings. The first-order chi connectivity index (χ1) is 13.2. The predicted octanol–water partition coefficient (Wildman–Crippen LogP) is 4.64. The molecule has 0 bridgehead atoms. The van der Waals surface area contributed by atoms with Crippen molar-refractivity contribution in [3.8, 4) is 11.3 Å². The van der Waals surface area contributed by atoms with Gasteiger partial charge < -0.3 is 4.42 Å². The minimum atomic E-state index is -3.12. The number of sulfone groups is 1. The van der Waals surface area contributed by atoms with E-state index in [9.17, 15) is 13.2 Å². The van der Waals surface area contributed by atoms with Crippen molar-refractivity contribution in [3.05, 3.63) is 51.0 Å². The average Bonchev–Trinajstić information content (AvgIpc) is 3.29. The second-order valence-corrected chi connectivity index (χ2v) is 11.2. The molecule has 2 saturated heterocycles. The number of nitrogens with zero attached hydrogens (tertiary/aromatic N) is 1. The van der Waals surface area contributed by atoms with E-state index in [0.717, 1.165) is 11.8 Å². The molecule has 4 rings (SSSR count). The molecular weight excluding hydrogens is 461 g/mol. The number of carbonyl (C=O) groups excluding carboxylic acids is 1. The van der Waals surface area contributed by atoms with Gasteiger partial charge >= 0.3 is 0 Å². The Hall–Kier alpha value is -1.32. The standard InChI is InChI=1S/C18H13Cl2NO4S3/c19-10-1-3-14(20)13(7-10)15-4-2-12(25-15)8-16-17(22)21(18(26)27-16)11-5-6-28(23,24)9-11/h1-4,7-8,11H,5-6,9H2/b16-8+/t11-/m1/s1. The summed E-state index contributed by atoms with van der Waals surface area (Å²) in [6, 6.07) is 8.13. The predicted molar refractivity (Wildman–Crippen MR) is 116 cm³/mol. The molecule has 1 aromatic carbocycles. The van der Waals surface area contributed by atoms with Crippen molar-refractivity contribution in [1.29, 1.82) is 0 Å². The van der Waals surface area contributed by atoms with Gasteiger partial charge in [-0.25, -0.2) is 8.42 Å². The van der Waals surface area contributed by atoms with E-state index in [4.69, 9.17) is 39.8 Å². The SMILES string of the molecule is O=C1/C(=C\c2ccc(-c3cc(Cl)ccc3Cl)o2)SC(=S)N1[C@@H]1CCS(=O)(=O)C1. The Morgan fingerprint density at radius 1 is 1.25 bits per heavy atom. The number of amides is 1. The zero-order valence-corrected chi connectivity index (χ0v) is 18.2. The number of hydrogen-bond acceptors (Lipinski definition) is 6.